The van der Waals surface area contributed by atoms with E-state index in [0.29, 0.717) is 6.42 Å². The number of unbranched alkanes of at least 4 members (excludes halogenated alkanes) is 6. The molecule has 0 atom stereocenters. The van der Waals surface area contributed by atoms with Crippen molar-refractivity contribution in [1.82, 2.24) is 9.97 Å². The molecule has 4 nitrogen and oxygen atoms in total. The van der Waals surface area contributed by atoms with Crippen molar-refractivity contribution in [3.8, 4) is 0 Å². The molecule has 0 bridgehead atoms. The van der Waals surface area contributed by atoms with Crippen LogP contribution in [0.4, 0.5) is 5.82 Å². The Hall–Kier alpha value is -0.870. The predicted octanol–water partition coefficient (Wildman–Crippen LogP) is 4.86. The lowest BCUT2D eigenvalue weighted by Gasteiger charge is -2.06. The molecule has 0 spiro atoms. The Morgan fingerprint density at radius 2 is 1.75 bits per heavy atom. The second-order valence-electron chi connectivity index (χ2n) is 4.75. The molecule has 0 aliphatic carbocycles. The van der Waals surface area contributed by atoms with Crippen molar-refractivity contribution in [2.75, 3.05) is 5.32 Å². The number of hydrogen-bond donors (Lipinski definition) is 1. The van der Waals surface area contributed by atoms with Crippen LogP contribution in [0.25, 0.3) is 0 Å². The Morgan fingerprint density at radius 1 is 1.10 bits per heavy atom. The molecule has 1 aromatic heterocycles. The van der Waals surface area contributed by atoms with Gasteiger partial charge in [-0.05, 0) is 6.42 Å². The molecule has 0 aromatic carbocycles. The van der Waals surface area contributed by atoms with Gasteiger partial charge in [0.15, 0.2) is 11.0 Å². The van der Waals surface area contributed by atoms with E-state index in [4.69, 9.17) is 23.2 Å². The van der Waals surface area contributed by atoms with Gasteiger partial charge >= 0.3 is 0 Å². The Kier molecular flexibility index (Phi) is 8.54. The van der Waals surface area contributed by atoms with E-state index in [0.717, 1.165) is 12.8 Å². The van der Waals surface area contributed by atoms with Crippen LogP contribution >= 0.6 is 23.2 Å². The molecular formula is C14H21Cl2N3O. The normalized spacial score (nSPS) is 10.6. The average molecular weight is 318 g/mol. The van der Waals surface area contributed by atoms with E-state index in [2.05, 4.69) is 22.2 Å². The van der Waals surface area contributed by atoms with Crippen LogP contribution in [-0.4, -0.2) is 15.9 Å². The van der Waals surface area contributed by atoms with Crippen LogP contribution in [-0.2, 0) is 4.79 Å². The standard InChI is InChI=1S/C14H21Cl2N3O/c1-2-3-4-5-6-7-8-9-11(20)19-14-12(15)13(16)17-10-18-14/h10H,2-9H2,1H3,(H,17,18,19,20). The Morgan fingerprint density at radius 3 is 2.45 bits per heavy atom. The highest BCUT2D eigenvalue weighted by atomic mass is 35.5. The SMILES string of the molecule is CCCCCCCCCC(=O)Nc1ncnc(Cl)c1Cl. The van der Waals surface area contributed by atoms with Crippen molar-refractivity contribution < 1.29 is 4.79 Å². The molecular weight excluding hydrogens is 297 g/mol. The number of nitrogens with one attached hydrogen (secondary N) is 1. The van der Waals surface area contributed by atoms with Gasteiger partial charge < -0.3 is 5.32 Å². The number of aromatic nitrogens is 2. The van der Waals surface area contributed by atoms with E-state index < -0.39 is 0 Å². The molecule has 1 aromatic rings. The molecule has 0 saturated carbocycles. The quantitative estimate of drug-likeness (QED) is 0.522. The van der Waals surface area contributed by atoms with Gasteiger partial charge in [0.1, 0.15) is 11.3 Å². The second-order valence-corrected chi connectivity index (χ2v) is 5.48. The van der Waals surface area contributed by atoms with Gasteiger partial charge in [0.05, 0.1) is 0 Å². The number of amides is 1. The molecule has 0 aliphatic heterocycles. The summed E-state index contributed by atoms with van der Waals surface area (Å²) in [5.74, 6) is 0.190. The summed E-state index contributed by atoms with van der Waals surface area (Å²) in [5, 5.41) is 2.98. The topological polar surface area (TPSA) is 54.9 Å². The minimum absolute atomic E-state index is 0.0878. The summed E-state index contributed by atoms with van der Waals surface area (Å²) in [5.41, 5.74) is 0. The first-order valence-electron chi connectivity index (χ1n) is 7.11. The van der Waals surface area contributed by atoms with Gasteiger partial charge in [-0.25, -0.2) is 9.97 Å². The number of nitrogens with zero attached hydrogens (tertiary/aromatic N) is 2. The van der Waals surface area contributed by atoms with Gasteiger partial charge in [0.2, 0.25) is 5.91 Å². The number of hydrogen-bond acceptors (Lipinski definition) is 3. The molecule has 1 N–H and O–H groups in total. The molecule has 6 heteroatoms. The average Bonchev–Trinajstić information content (AvgIpc) is 2.43. The van der Waals surface area contributed by atoms with Gasteiger partial charge in [-0.1, -0.05) is 68.7 Å². The van der Waals surface area contributed by atoms with Crippen LogP contribution in [0.3, 0.4) is 0 Å². The molecule has 0 saturated heterocycles. The molecule has 1 rings (SSSR count). The van der Waals surface area contributed by atoms with Gasteiger partial charge in [0, 0.05) is 6.42 Å². The largest absolute Gasteiger partial charge is 0.309 e. The number of carbonyl (C=O) groups is 1. The fourth-order valence-electron chi connectivity index (χ4n) is 1.87. The summed E-state index contributed by atoms with van der Waals surface area (Å²) in [6.45, 7) is 2.20. The molecule has 0 aliphatic rings. The van der Waals surface area contributed by atoms with Crippen LogP contribution in [0.1, 0.15) is 58.3 Å². The molecule has 0 unspecified atom stereocenters. The molecule has 1 heterocycles. The monoisotopic (exact) mass is 317 g/mol. The third-order valence-corrected chi connectivity index (χ3v) is 3.75. The number of anilines is 1. The summed E-state index contributed by atoms with van der Waals surface area (Å²) in [7, 11) is 0. The van der Waals surface area contributed by atoms with Crippen LogP contribution in [0.2, 0.25) is 10.2 Å². The van der Waals surface area contributed by atoms with Crippen LogP contribution < -0.4 is 5.32 Å². The number of rotatable bonds is 9. The zero-order valence-corrected chi connectivity index (χ0v) is 13.3. The first-order chi connectivity index (χ1) is 9.65. The van der Waals surface area contributed by atoms with Crippen LogP contribution in [0.5, 0.6) is 0 Å². The first-order valence-corrected chi connectivity index (χ1v) is 7.86. The van der Waals surface area contributed by atoms with Crippen molar-refractivity contribution in [1.29, 1.82) is 0 Å². The Balaban J connectivity index is 2.19. The smallest absolute Gasteiger partial charge is 0.225 e. The zero-order valence-electron chi connectivity index (χ0n) is 11.8. The molecule has 20 heavy (non-hydrogen) atoms. The van der Waals surface area contributed by atoms with Crippen molar-refractivity contribution in [3.63, 3.8) is 0 Å². The van der Waals surface area contributed by atoms with Gasteiger partial charge in [-0.3, -0.25) is 4.79 Å². The molecule has 0 fully saturated rings. The summed E-state index contributed by atoms with van der Waals surface area (Å²) in [4.78, 5) is 19.4. The highest BCUT2D eigenvalue weighted by molar-refractivity contribution is 6.42. The van der Waals surface area contributed by atoms with Crippen molar-refractivity contribution in [2.24, 2.45) is 0 Å². The van der Waals surface area contributed by atoms with Crippen molar-refractivity contribution >= 4 is 34.9 Å². The highest BCUT2D eigenvalue weighted by Crippen LogP contribution is 2.25. The lowest BCUT2D eigenvalue weighted by Crippen LogP contribution is -2.13. The van der Waals surface area contributed by atoms with E-state index in [1.165, 1.54) is 38.4 Å². The van der Waals surface area contributed by atoms with Crippen molar-refractivity contribution in [3.05, 3.63) is 16.5 Å². The van der Waals surface area contributed by atoms with E-state index in [9.17, 15) is 4.79 Å². The lowest BCUT2D eigenvalue weighted by molar-refractivity contribution is -0.116. The van der Waals surface area contributed by atoms with E-state index in [1.54, 1.807) is 0 Å². The minimum Gasteiger partial charge on any atom is -0.309 e. The Labute approximate surface area is 130 Å². The summed E-state index contributed by atoms with van der Waals surface area (Å²) >= 11 is 11.6. The molecule has 112 valence electrons. The van der Waals surface area contributed by atoms with E-state index in [-0.39, 0.29) is 21.9 Å². The Bertz CT molecular complexity index is 427. The fraction of sp³-hybridized carbons (Fsp3) is 0.643. The highest BCUT2D eigenvalue weighted by Gasteiger charge is 2.10. The van der Waals surface area contributed by atoms with Gasteiger partial charge in [-0.2, -0.15) is 0 Å². The number of carbonyl (C=O) groups excluding carboxylic acids is 1. The molecule has 1 amide bonds. The van der Waals surface area contributed by atoms with Gasteiger partial charge in [-0.15, -0.1) is 0 Å². The number of halogens is 2. The van der Waals surface area contributed by atoms with Crippen LogP contribution in [0.15, 0.2) is 6.33 Å². The van der Waals surface area contributed by atoms with Crippen LogP contribution in [0, 0.1) is 0 Å². The first kappa shape index (κ1) is 17.2. The minimum atomic E-state index is -0.0878. The second kappa shape index (κ2) is 9.94. The summed E-state index contributed by atoms with van der Waals surface area (Å²) in [6, 6.07) is 0. The maximum atomic E-state index is 11.7. The maximum absolute atomic E-state index is 11.7. The molecule has 0 radical (unpaired) electrons. The van der Waals surface area contributed by atoms with E-state index in [1.807, 2.05) is 0 Å². The zero-order chi connectivity index (χ0) is 14.8. The summed E-state index contributed by atoms with van der Waals surface area (Å²) < 4.78 is 0. The summed E-state index contributed by atoms with van der Waals surface area (Å²) in [6.07, 6.45) is 10.00. The van der Waals surface area contributed by atoms with Gasteiger partial charge in [0.25, 0.3) is 0 Å². The fourth-order valence-corrected chi connectivity index (χ4v) is 2.15. The third kappa shape index (κ3) is 6.53. The lowest BCUT2D eigenvalue weighted by atomic mass is 10.1. The maximum Gasteiger partial charge on any atom is 0.225 e. The van der Waals surface area contributed by atoms with E-state index >= 15 is 0 Å². The third-order valence-electron chi connectivity index (χ3n) is 3.01. The predicted molar refractivity (Wildman–Crippen MR) is 83.3 cm³/mol. The van der Waals surface area contributed by atoms with Crippen molar-refractivity contribution in [2.45, 2.75) is 58.3 Å².